The van der Waals surface area contributed by atoms with Gasteiger partial charge in [-0.2, -0.15) is 0 Å². The largest absolute Gasteiger partial charge is 0.396 e. The molecule has 92 valence electrons. The third-order valence-corrected chi connectivity index (χ3v) is 3.81. The number of amides is 1. The van der Waals surface area contributed by atoms with Crippen LogP contribution in [0.1, 0.15) is 33.1 Å². The number of aliphatic hydroxyl groups excluding tert-OH is 1. The summed E-state index contributed by atoms with van der Waals surface area (Å²) in [5.74, 6) is 0.114. The van der Waals surface area contributed by atoms with E-state index in [1.807, 2.05) is 4.90 Å². The van der Waals surface area contributed by atoms with Crippen molar-refractivity contribution in [2.45, 2.75) is 51.2 Å². The highest BCUT2D eigenvalue weighted by Gasteiger charge is 2.41. The van der Waals surface area contributed by atoms with Crippen molar-refractivity contribution in [3.8, 4) is 0 Å². The summed E-state index contributed by atoms with van der Waals surface area (Å²) < 4.78 is 0. The monoisotopic (exact) mass is 226 g/mol. The summed E-state index contributed by atoms with van der Waals surface area (Å²) in [5, 5.41) is 8.80. The predicted octanol–water partition coefficient (Wildman–Crippen LogP) is 0.452. The molecule has 16 heavy (non-hydrogen) atoms. The van der Waals surface area contributed by atoms with Crippen molar-refractivity contribution in [1.29, 1.82) is 0 Å². The third kappa shape index (κ3) is 2.09. The molecule has 2 fully saturated rings. The molecule has 4 heteroatoms. The summed E-state index contributed by atoms with van der Waals surface area (Å²) in [6.45, 7) is 6.15. The second kappa shape index (κ2) is 4.72. The minimum Gasteiger partial charge on any atom is -0.396 e. The normalized spacial score (nSPS) is 30.1. The number of piperazine rings is 1. The molecule has 0 radical (unpaired) electrons. The number of nitrogens with zero attached hydrogens (tertiary/aromatic N) is 2. The van der Waals surface area contributed by atoms with Gasteiger partial charge in [-0.3, -0.25) is 9.69 Å². The molecule has 2 aliphatic heterocycles. The Labute approximate surface area is 97.2 Å². The Kier molecular flexibility index (Phi) is 3.50. The average molecular weight is 226 g/mol. The zero-order chi connectivity index (χ0) is 11.7. The number of carbonyl (C=O) groups excluding carboxylic acids is 1. The zero-order valence-electron chi connectivity index (χ0n) is 10.2. The summed E-state index contributed by atoms with van der Waals surface area (Å²) >= 11 is 0. The SMILES string of the molecule is CC(C)N1C2CCC1CN(C(=O)CCO)C2. The molecule has 2 heterocycles. The van der Waals surface area contributed by atoms with Gasteiger partial charge in [0.15, 0.2) is 0 Å². The van der Waals surface area contributed by atoms with Gasteiger partial charge >= 0.3 is 0 Å². The topological polar surface area (TPSA) is 43.8 Å². The maximum atomic E-state index is 11.7. The second-order valence-corrected chi connectivity index (χ2v) is 5.20. The van der Waals surface area contributed by atoms with Gasteiger partial charge in [-0.25, -0.2) is 0 Å². The molecule has 2 rings (SSSR count). The van der Waals surface area contributed by atoms with E-state index in [9.17, 15) is 4.79 Å². The fourth-order valence-electron chi connectivity index (χ4n) is 3.24. The molecular formula is C12H22N2O2. The van der Waals surface area contributed by atoms with E-state index in [-0.39, 0.29) is 18.9 Å². The van der Waals surface area contributed by atoms with E-state index < -0.39 is 0 Å². The first-order chi connectivity index (χ1) is 7.63. The Morgan fingerprint density at radius 3 is 2.31 bits per heavy atom. The minimum atomic E-state index is -0.0292. The standard InChI is InChI=1S/C12H22N2O2/c1-9(2)14-10-3-4-11(14)8-13(7-10)12(16)5-6-15/h9-11,15H,3-8H2,1-2H3. The van der Waals surface area contributed by atoms with E-state index in [1.165, 1.54) is 12.8 Å². The van der Waals surface area contributed by atoms with Crippen LogP contribution in [0.4, 0.5) is 0 Å². The molecule has 2 unspecified atom stereocenters. The Morgan fingerprint density at radius 1 is 1.31 bits per heavy atom. The van der Waals surface area contributed by atoms with Gasteiger partial charge in [0.2, 0.25) is 5.91 Å². The Hall–Kier alpha value is -0.610. The molecule has 0 aromatic carbocycles. The highest BCUT2D eigenvalue weighted by molar-refractivity contribution is 5.76. The average Bonchev–Trinajstić information content (AvgIpc) is 2.50. The Morgan fingerprint density at radius 2 is 1.88 bits per heavy atom. The number of hydrogen-bond donors (Lipinski definition) is 1. The van der Waals surface area contributed by atoms with Gasteiger partial charge in [0, 0.05) is 37.6 Å². The quantitative estimate of drug-likeness (QED) is 0.760. The van der Waals surface area contributed by atoms with Crippen molar-refractivity contribution in [2.24, 2.45) is 0 Å². The number of aliphatic hydroxyl groups is 1. The molecule has 2 bridgehead atoms. The van der Waals surface area contributed by atoms with Gasteiger partial charge < -0.3 is 10.0 Å². The van der Waals surface area contributed by atoms with Crippen LogP contribution in [0.2, 0.25) is 0 Å². The first kappa shape index (κ1) is 11.9. The van der Waals surface area contributed by atoms with Crippen LogP contribution in [0.25, 0.3) is 0 Å². The van der Waals surface area contributed by atoms with Crippen molar-refractivity contribution < 1.29 is 9.90 Å². The molecule has 0 saturated carbocycles. The molecule has 2 atom stereocenters. The lowest BCUT2D eigenvalue weighted by atomic mass is 10.1. The van der Waals surface area contributed by atoms with Gasteiger partial charge in [0.1, 0.15) is 0 Å². The van der Waals surface area contributed by atoms with Crippen molar-refractivity contribution in [3.63, 3.8) is 0 Å². The summed E-state index contributed by atoms with van der Waals surface area (Å²) in [7, 11) is 0. The molecule has 0 aromatic rings. The van der Waals surface area contributed by atoms with Crippen LogP contribution in [-0.4, -0.2) is 58.6 Å². The molecule has 1 N–H and O–H groups in total. The molecule has 2 saturated heterocycles. The van der Waals surface area contributed by atoms with Gasteiger partial charge in [-0.05, 0) is 26.7 Å². The lowest BCUT2D eigenvalue weighted by Crippen LogP contribution is -2.57. The third-order valence-electron chi connectivity index (χ3n) is 3.81. The first-order valence-electron chi connectivity index (χ1n) is 6.29. The molecule has 0 aromatic heterocycles. The number of hydrogen-bond acceptors (Lipinski definition) is 3. The van der Waals surface area contributed by atoms with Crippen molar-refractivity contribution in [1.82, 2.24) is 9.80 Å². The smallest absolute Gasteiger partial charge is 0.224 e. The van der Waals surface area contributed by atoms with Crippen LogP contribution in [-0.2, 0) is 4.79 Å². The Bertz CT molecular complexity index is 254. The highest BCUT2D eigenvalue weighted by Crippen LogP contribution is 2.31. The maximum absolute atomic E-state index is 11.7. The van der Waals surface area contributed by atoms with Gasteiger partial charge in [-0.1, -0.05) is 0 Å². The number of carbonyl (C=O) groups is 1. The number of fused-ring (bicyclic) bond motifs is 2. The number of rotatable bonds is 3. The first-order valence-corrected chi connectivity index (χ1v) is 6.29. The summed E-state index contributed by atoms with van der Waals surface area (Å²) in [5.41, 5.74) is 0. The molecular weight excluding hydrogens is 204 g/mol. The fourth-order valence-corrected chi connectivity index (χ4v) is 3.24. The van der Waals surface area contributed by atoms with Gasteiger partial charge in [0.05, 0.1) is 6.61 Å². The predicted molar refractivity (Wildman–Crippen MR) is 62.1 cm³/mol. The highest BCUT2D eigenvalue weighted by atomic mass is 16.3. The lowest BCUT2D eigenvalue weighted by Gasteiger charge is -2.43. The van der Waals surface area contributed by atoms with E-state index in [1.54, 1.807) is 0 Å². The zero-order valence-corrected chi connectivity index (χ0v) is 10.2. The van der Waals surface area contributed by atoms with Crippen LogP contribution in [0.5, 0.6) is 0 Å². The molecule has 4 nitrogen and oxygen atoms in total. The lowest BCUT2D eigenvalue weighted by molar-refractivity contribution is -0.135. The molecule has 2 aliphatic rings. The van der Waals surface area contributed by atoms with E-state index in [0.717, 1.165) is 13.1 Å². The maximum Gasteiger partial charge on any atom is 0.224 e. The second-order valence-electron chi connectivity index (χ2n) is 5.20. The summed E-state index contributed by atoms with van der Waals surface area (Å²) in [4.78, 5) is 16.2. The van der Waals surface area contributed by atoms with Crippen molar-refractivity contribution in [3.05, 3.63) is 0 Å². The summed E-state index contributed by atoms with van der Waals surface area (Å²) in [6, 6.07) is 1.66. The van der Waals surface area contributed by atoms with Crippen LogP contribution in [0, 0.1) is 0 Å². The number of likely N-dealkylation sites (tertiary alicyclic amines) is 1. The summed E-state index contributed by atoms with van der Waals surface area (Å²) in [6.07, 6.45) is 2.71. The van der Waals surface area contributed by atoms with Crippen LogP contribution in [0.15, 0.2) is 0 Å². The van der Waals surface area contributed by atoms with Gasteiger partial charge in [-0.15, -0.1) is 0 Å². The van der Waals surface area contributed by atoms with Crippen molar-refractivity contribution >= 4 is 5.91 Å². The minimum absolute atomic E-state index is 0.0292. The van der Waals surface area contributed by atoms with Crippen LogP contribution in [0.3, 0.4) is 0 Å². The van der Waals surface area contributed by atoms with E-state index in [0.29, 0.717) is 18.1 Å². The fraction of sp³-hybridized carbons (Fsp3) is 0.917. The molecule has 0 spiro atoms. The molecule has 1 amide bonds. The van der Waals surface area contributed by atoms with E-state index >= 15 is 0 Å². The van der Waals surface area contributed by atoms with Crippen molar-refractivity contribution in [2.75, 3.05) is 19.7 Å². The van der Waals surface area contributed by atoms with E-state index in [2.05, 4.69) is 18.7 Å². The Balaban J connectivity index is 1.99. The van der Waals surface area contributed by atoms with E-state index in [4.69, 9.17) is 5.11 Å². The molecule has 0 aliphatic carbocycles. The van der Waals surface area contributed by atoms with Crippen LogP contribution >= 0.6 is 0 Å². The van der Waals surface area contributed by atoms with Gasteiger partial charge in [0.25, 0.3) is 0 Å². The van der Waals surface area contributed by atoms with Crippen LogP contribution < -0.4 is 0 Å².